The summed E-state index contributed by atoms with van der Waals surface area (Å²) in [7, 11) is 0. The number of benzene rings is 2. The minimum atomic E-state index is -0.687. The Bertz CT molecular complexity index is 871. The van der Waals surface area contributed by atoms with Crippen molar-refractivity contribution < 1.29 is 24.1 Å². The molecule has 2 aromatic carbocycles. The molecule has 0 atom stereocenters. The number of anilines is 2. The van der Waals surface area contributed by atoms with Crippen LogP contribution in [0.1, 0.15) is 6.92 Å². The summed E-state index contributed by atoms with van der Waals surface area (Å²) in [5.74, 6) is 0.474. The first-order chi connectivity index (χ1) is 13.9. The number of non-ortho nitro benzene ring substituents is 1. The maximum absolute atomic E-state index is 11.1. The molecule has 0 aliphatic rings. The average molecular weight is 404 g/mol. The zero-order valence-electron chi connectivity index (χ0n) is 15.6. The molecular formula is C18H20N4O7. The highest BCUT2D eigenvalue weighted by Gasteiger charge is 2.18. The number of hydrogen-bond acceptors (Lipinski definition) is 8. The summed E-state index contributed by atoms with van der Waals surface area (Å²) in [6, 6.07) is 10.3. The van der Waals surface area contributed by atoms with Crippen molar-refractivity contribution >= 4 is 28.7 Å². The van der Waals surface area contributed by atoms with Crippen molar-refractivity contribution in [2.45, 2.75) is 6.92 Å². The summed E-state index contributed by atoms with van der Waals surface area (Å²) >= 11 is 0. The molecule has 0 spiro atoms. The Morgan fingerprint density at radius 1 is 1.00 bits per heavy atom. The molecule has 0 saturated carbocycles. The summed E-state index contributed by atoms with van der Waals surface area (Å²) in [5, 5.41) is 27.3. The van der Waals surface area contributed by atoms with Gasteiger partial charge in [-0.25, -0.2) is 0 Å². The zero-order valence-corrected chi connectivity index (χ0v) is 15.6. The largest absolute Gasteiger partial charge is 0.491 e. The highest BCUT2D eigenvalue weighted by molar-refractivity contribution is 5.88. The summed E-state index contributed by atoms with van der Waals surface area (Å²) in [5.41, 5.74) is 0.137. The molecule has 0 radical (unpaired) electrons. The molecule has 0 heterocycles. The second-order valence-electron chi connectivity index (χ2n) is 5.81. The minimum absolute atomic E-state index is 0.153. The van der Waals surface area contributed by atoms with Crippen molar-refractivity contribution in [3.8, 4) is 5.75 Å². The third-order valence-electron chi connectivity index (χ3n) is 3.62. The van der Waals surface area contributed by atoms with Gasteiger partial charge < -0.3 is 20.1 Å². The van der Waals surface area contributed by atoms with Crippen LogP contribution in [0.3, 0.4) is 0 Å². The SMILES string of the molecule is CC(=O)Nc1ccc(OCCOCCNc2ccc([N+](=O)[O-])cc2[N+](=O)[O-])cc1. The van der Waals surface area contributed by atoms with Crippen LogP contribution in [0, 0.1) is 20.2 Å². The first kappa shape index (κ1) is 21.6. The van der Waals surface area contributed by atoms with Gasteiger partial charge in [0.15, 0.2) is 0 Å². The monoisotopic (exact) mass is 404 g/mol. The van der Waals surface area contributed by atoms with Gasteiger partial charge in [-0.1, -0.05) is 0 Å². The lowest BCUT2D eigenvalue weighted by Crippen LogP contribution is -2.14. The lowest BCUT2D eigenvalue weighted by atomic mass is 10.2. The van der Waals surface area contributed by atoms with Crippen LogP contribution in [-0.4, -0.2) is 42.1 Å². The van der Waals surface area contributed by atoms with E-state index in [0.29, 0.717) is 24.7 Å². The van der Waals surface area contributed by atoms with E-state index >= 15 is 0 Å². The summed E-state index contributed by atoms with van der Waals surface area (Å²) in [6.45, 7) is 2.58. The van der Waals surface area contributed by atoms with E-state index in [9.17, 15) is 25.0 Å². The molecule has 11 nitrogen and oxygen atoms in total. The number of hydrogen-bond donors (Lipinski definition) is 2. The van der Waals surface area contributed by atoms with E-state index in [1.807, 2.05) is 0 Å². The van der Waals surface area contributed by atoms with Crippen molar-refractivity contribution in [1.29, 1.82) is 0 Å². The molecule has 2 aromatic rings. The fourth-order valence-corrected chi connectivity index (χ4v) is 2.35. The van der Waals surface area contributed by atoms with Crippen LogP contribution in [0.5, 0.6) is 5.75 Å². The number of rotatable bonds is 11. The average Bonchev–Trinajstić information content (AvgIpc) is 2.67. The molecule has 2 rings (SSSR count). The van der Waals surface area contributed by atoms with Crippen LogP contribution < -0.4 is 15.4 Å². The molecule has 0 unspecified atom stereocenters. The number of carbonyl (C=O) groups excluding carboxylic acids is 1. The number of nitrogens with one attached hydrogen (secondary N) is 2. The van der Waals surface area contributed by atoms with Crippen molar-refractivity contribution in [3.05, 3.63) is 62.7 Å². The number of amides is 1. The quantitative estimate of drug-likeness (QED) is 0.330. The van der Waals surface area contributed by atoms with Gasteiger partial charge in [0, 0.05) is 25.2 Å². The molecule has 2 N–H and O–H groups in total. The van der Waals surface area contributed by atoms with Gasteiger partial charge in [-0.3, -0.25) is 25.0 Å². The van der Waals surface area contributed by atoms with Gasteiger partial charge >= 0.3 is 0 Å². The van der Waals surface area contributed by atoms with E-state index in [-0.39, 0.29) is 36.1 Å². The second kappa shape index (κ2) is 10.6. The molecule has 0 aliphatic heterocycles. The third kappa shape index (κ3) is 7.07. The highest BCUT2D eigenvalue weighted by Crippen LogP contribution is 2.28. The Morgan fingerprint density at radius 2 is 1.72 bits per heavy atom. The fraction of sp³-hybridized carbons (Fsp3) is 0.278. The van der Waals surface area contributed by atoms with Crippen LogP contribution >= 0.6 is 0 Å². The Balaban J connectivity index is 1.69. The van der Waals surface area contributed by atoms with Gasteiger partial charge in [0.2, 0.25) is 5.91 Å². The van der Waals surface area contributed by atoms with Crippen LogP contribution in [0.15, 0.2) is 42.5 Å². The van der Waals surface area contributed by atoms with Crippen molar-refractivity contribution in [3.63, 3.8) is 0 Å². The van der Waals surface area contributed by atoms with E-state index in [4.69, 9.17) is 9.47 Å². The van der Waals surface area contributed by atoms with Gasteiger partial charge in [-0.15, -0.1) is 0 Å². The second-order valence-corrected chi connectivity index (χ2v) is 5.81. The van der Waals surface area contributed by atoms with E-state index in [1.165, 1.54) is 19.1 Å². The lowest BCUT2D eigenvalue weighted by Gasteiger charge is -2.09. The highest BCUT2D eigenvalue weighted by atomic mass is 16.6. The summed E-state index contributed by atoms with van der Waals surface area (Å²) < 4.78 is 10.9. The molecule has 1 amide bonds. The van der Waals surface area contributed by atoms with Gasteiger partial charge in [0.25, 0.3) is 11.4 Å². The van der Waals surface area contributed by atoms with E-state index < -0.39 is 9.85 Å². The van der Waals surface area contributed by atoms with Crippen molar-refractivity contribution in [1.82, 2.24) is 0 Å². The maximum Gasteiger partial charge on any atom is 0.299 e. The summed E-state index contributed by atoms with van der Waals surface area (Å²) in [4.78, 5) is 31.4. The molecule has 0 aromatic heterocycles. The molecule has 154 valence electrons. The number of carbonyl (C=O) groups is 1. The van der Waals surface area contributed by atoms with Gasteiger partial charge in [-0.2, -0.15) is 0 Å². The van der Waals surface area contributed by atoms with Crippen molar-refractivity contribution in [2.75, 3.05) is 37.0 Å². The summed E-state index contributed by atoms with van der Waals surface area (Å²) in [6.07, 6.45) is 0. The number of ether oxygens (including phenoxy) is 2. The minimum Gasteiger partial charge on any atom is -0.491 e. The van der Waals surface area contributed by atoms with E-state index in [0.717, 1.165) is 6.07 Å². The van der Waals surface area contributed by atoms with Crippen LogP contribution in [0.25, 0.3) is 0 Å². The predicted octanol–water partition coefficient (Wildman–Crippen LogP) is 2.97. The first-order valence-corrected chi connectivity index (χ1v) is 8.61. The van der Waals surface area contributed by atoms with Crippen LogP contribution in [-0.2, 0) is 9.53 Å². The smallest absolute Gasteiger partial charge is 0.299 e. The molecule has 11 heteroatoms. The Hall–Kier alpha value is -3.73. The fourth-order valence-electron chi connectivity index (χ4n) is 2.35. The topological polar surface area (TPSA) is 146 Å². The van der Waals surface area contributed by atoms with Crippen LogP contribution in [0.2, 0.25) is 0 Å². The van der Waals surface area contributed by atoms with E-state index in [1.54, 1.807) is 24.3 Å². The van der Waals surface area contributed by atoms with Gasteiger partial charge in [-0.05, 0) is 30.3 Å². The van der Waals surface area contributed by atoms with Crippen LogP contribution in [0.4, 0.5) is 22.7 Å². The Morgan fingerprint density at radius 3 is 2.34 bits per heavy atom. The molecule has 0 bridgehead atoms. The normalized spacial score (nSPS) is 10.2. The number of nitro groups is 2. The molecule has 0 fully saturated rings. The number of nitro benzene ring substituents is 2. The molecule has 0 aliphatic carbocycles. The van der Waals surface area contributed by atoms with Crippen molar-refractivity contribution in [2.24, 2.45) is 0 Å². The Kier molecular flexibility index (Phi) is 7.86. The first-order valence-electron chi connectivity index (χ1n) is 8.61. The standard InChI is InChI=1S/C18H20N4O7/c1-13(23)20-14-2-5-16(6-3-14)29-11-10-28-9-8-19-17-7-4-15(21(24)25)12-18(17)22(26)27/h2-7,12,19H,8-11H2,1H3,(H,20,23). The predicted molar refractivity (Wildman–Crippen MR) is 105 cm³/mol. The lowest BCUT2D eigenvalue weighted by molar-refractivity contribution is -0.393. The molecule has 29 heavy (non-hydrogen) atoms. The molecular weight excluding hydrogens is 384 g/mol. The zero-order chi connectivity index (χ0) is 21.2. The maximum atomic E-state index is 11.1. The third-order valence-corrected chi connectivity index (χ3v) is 3.62. The molecule has 0 saturated heterocycles. The van der Waals surface area contributed by atoms with Gasteiger partial charge in [0.1, 0.15) is 18.0 Å². The van der Waals surface area contributed by atoms with Gasteiger partial charge in [0.05, 0.1) is 29.1 Å². The number of nitrogens with zero attached hydrogens (tertiary/aromatic N) is 2. The van der Waals surface area contributed by atoms with E-state index in [2.05, 4.69) is 10.6 Å². The Labute approximate surface area is 165 Å².